The van der Waals surface area contributed by atoms with Gasteiger partial charge in [0.2, 0.25) is 5.91 Å². The van der Waals surface area contributed by atoms with Crippen LogP contribution in [0.15, 0.2) is 18.3 Å². The average molecular weight is 425 g/mol. The molecule has 0 bridgehead atoms. The zero-order chi connectivity index (χ0) is 21.6. The first kappa shape index (κ1) is 22.3. The molecule has 2 aliphatic carbocycles. The van der Waals surface area contributed by atoms with E-state index in [4.69, 9.17) is 4.98 Å². The van der Waals surface area contributed by atoms with Crippen molar-refractivity contribution >= 4 is 17.1 Å². The second kappa shape index (κ2) is 10.6. The Morgan fingerprint density at radius 3 is 2.58 bits per heavy atom. The van der Waals surface area contributed by atoms with E-state index in [0.717, 1.165) is 29.5 Å². The maximum absolute atomic E-state index is 13.2. The molecule has 1 amide bonds. The van der Waals surface area contributed by atoms with Gasteiger partial charge in [-0.1, -0.05) is 39.0 Å². The molecule has 0 N–H and O–H groups in total. The first-order valence-electron chi connectivity index (χ1n) is 12.8. The van der Waals surface area contributed by atoms with Crippen LogP contribution in [0.2, 0.25) is 0 Å². The Morgan fingerprint density at radius 2 is 1.87 bits per heavy atom. The topological polar surface area (TPSA) is 51.0 Å². The number of pyridine rings is 1. The zero-order valence-corrected chi connectivity index (χ0v) is 19.6. The fourth-order valence-corrected chi connectivity index (χ4v) is 6.02. The lowest BCUT2D eigenvalue weighted by atomic mass is 9.79. The third kappa shape index (κ3) is 5.12. The molecule has 5 heteroatoms. The minimum absolute atomic E-state index is 0.303. The first-order valence-corrected chi connectivity index (χ1v) is 12.8. The van der Waals surface area contributed by atoms with Crippen LogP contribution in [0.4, 0.5) is 0 Å². The number of carbonyl (C=O) groups excluding carboxylic acids is 1. The second-order valence-corrected chi connectivity index (χ2v) is 9.70. The van der Waals surface area contributed by atoms with Gasteiger partial charge in [-0.25, -0.2) is 9.97 Å². The van der Waals surface area contributed by atoms with Crippen molar-refractivity contribution in [3.63, 3.8) is 0 Å². The number of carbonyl (C=O) groups is 1. The van der Waals surface area contributed by atoms with Gasteiger partial charge in [0, 0.05) is 37.7 Å². The Morgan fingerprint density at radius 1 is 1.10 bits per heavy atom. The van der Waals surface area contributed by atoms with E-state index in [1.54, 1.807) is 0 Å². The van der Waals surface area contributed by atoms with Crippen molar-refractivity contribution < 1.29 is 4.79 Å². The van der Waals surface area contributed by atoms with Gasteiger partial charge in [0.1, 0.15) is 5.82 Å². The van der Waals surface area contributed by atoms with Crippen molar-refractivity contribution in [2.45, 2.75) is 109 Å². The molecule has 2 aliphatic rings. The molecule has 0 aliphatic heterocycles. The molecule has 31 heavy (non-hydrogen) atoms. The molecule has 0 spiro atoms. The van der Waals surface area contributed by atoms with Crippen LogP contribution < -0.4 is 0 Å². The van der Waals surface area contributed by atoms with Gasteiger partial charge in [-0.3, -0.25) is 4.79 Å². The first-order chi connectivity index (χ1) is 15.2. The quantitative estimate of drug-likeness (QED) is 0.516. The van der Waals surface area contributed by atoms with Gasteiger partial charge < -0.3 is 9.47 Å². The van der Waals surface area contributed by atoms with Crippen LogP contribution in [-0.4, -0.2) is 37.9 Å². The third-order valence-corrected chi connectivity index (χ3v) is 7.69. The highest BCUT2D eigenvalue weighted by molar-refractivity contribution is 5.77. The van der Waals surface area contributed by atoms with Crippen LogP contribution in [0.25, 0.3) is 11.2 Å². The molecule has 170 valence electrons. The molecule has 2 heterocycles. The molecule has 0 saturated heterocycles. The van der Waals surface area contributed by atoms with Gasteiger partial charge in [-0.05, 0) is 63.5 Å². The van der Waals surface area contributed by atoms with Gasteiger partial charge in [0.25, 0.3) is 0 Å². The normalized spacial score (nSPS) is 22.6. The minimum Gasteiger partial charge on any atom is -0.340 e. The van der Waals surface area contributed by atoms with Crippen molar-refractivity contribution in [3.05, 3.63) is 24.2 Å². The number of fused-ring (bicyclic) bond motifs is 1. The van der Waals surface area contributed by atoms with Crippen molar-refractivity contribution in [2.24, 2.45) is 5.92 Å². The molecular formula is C26H40N4O. The van der Waals surface area contributed by atoms with E-state index in [-0.39, 0.29) is 0 Å². The second-order valence-electron chi connectivity index (χ2n) is 9.70. The molecule has 5 nitrogen and oxygen atoms in total. The smallest absolute Gasteiger partial charge is 0.224 e. The molecule has 0 atom stereocenters. The fraction of sp³-hybridized carbons (Fsp3) is 0.731. The summed E-state index contributed by atoms with van der Waals surface area (Å²) in [6.45, 7) is 5.96. The van der Waals surface area contributed by atoms with Crippen molar-refractivity contribution in [2.75, 3.05) is 6.54 Å². The molecule has 2 fully saturated rings. The standard InChI is InChI=1S/C26H40N4O/c1-3-9-20-13-15-21(16-14-20)26-28-25-23(12-8-18-27-25)30(26)19-17-24(31)29(4-2)22-10-6-5-7-11-22/h8,12,18,20-22H,3-7,9-11,13-17,19H2,1-2H3. The predicted octanol–water partition coefficient (Wildman–Crippen LogP) is 6.08. The lowest BCUT2D eigenvalue weighted by molar-refractivity contribution is -0.134. The summed E-state index contributed by atoms with van der Waals surface area (Å²) in [5.74, 6) is 2.85. The van der Waals surface area contributed by atoms with Crippen molar-refractivity contribution in [3.8, 4) is 0 Å². The summed E-state index contributed by atoms with van der Waals surface area (Å²) in [4.78, 5) is 24.8. The fourth-order valence-electron chi connectivity index (χ4n) is 6.02. The van der Waals surface area contributed by atoms with E-state index in [1.807, 2.05) is 12.3 Å². The van der Waals surface area contributed by atoms with Crippen molar-refractivity contribution in [1.82, 2.24) is 19.4 Å². The molecule has 4 rings (SSSR count). The van der Waals surface area contributed by atoms with Crippen LogP contribution in [-0.2, 0) is 11.3 Å². The average Bonchev–Trinajstić information content (AvgIpc) is 3.18. The summed E-state index contributed by atoms with van der Waals surface area (Å²) >= 11 is 0. The van der Waals surface area contributed by atoms with Gasteiger partial charge >= 0.3 is 0 Å². The number of rotatable bonds is 8. The summed E-state index contributed by atoms with van der Waals surface area (Å²) in [7, 11) is 0. The molecule has 2 aromatic heterocycles. The number of hydrogen-bond donors (Lipinski definition) is 0. The van der Waals surface area contributed by atoms with Crippen LogP contribution in [0, 0.1) is 5.92 Å². The maximum Gasteiger partial charge on any atom is 0.224 e. The zero-order valence-electron chi connectivity index (χ0n) is 19.6. The summed E-state index contributed by atoms with van der Waals surface area (Å²) in [5, 5.41) is 0. The van der Waals surface area contributed by atoms with E-state index in [9.17, 15) is 4.79 Å². The van der Waals surface area contributed by atoms with Crippen LogP contribution in [0.1, 0.15) is 103 Å². The number of aryl methyl sites for hydroxylation is 1. The van der Waals surface area contributed by atoms with E-state index in [2.05, 4.69) is 34.4 Å². The van der Waals surface area contributed by atoms with Crippen LogP contribution in [0.3, 0.4) is 0 Å². The number of aromatic nitrogens is 3. The highest BCUT2D eigenvalue weighted by Crippen LogP contribution is 2.38. The number of amides is 1. The van der Waals surface area contributed by atoms with E-state index in [0.29, 0.717) is 30.8 Å². The minimum atomic E-state index is 0.303. The van der Waals surface area contributed by atoms with Gasteiger partial charge in [-0.2, -0.15) is 0 Å². The summed E-state index contributed by atoms with van der Waals surface area (Å²) in [6.07, 6.45) is 16.2. The Hall–Kier alpha value is -1.91. The molecule has 0 aromatic carbocycles. The Kier molecular flexibility index (Phi) is 7.62. The van der Waals surface area contributed by atoms with Gasteiger partial charge in [0.15, 0.2) is 5.65 Å². The molecule has 0 radical (unpaired) electrons. The number of imidazole rings is 1. The molecule has 2 saturated carbocycles. The lowest BCUT2D eigenvalue weighted by Gasteiger charge is -2.34. The summed E-state index contributed by atoms with van der Waals surface area (Å²) in [5.41, 5.74) is 1.92. The maximum atomic E-state index is 13.2. The third-order valence-electron chi connectivity index (χ3n) is 7.69. The van der Waals surface area contributed by atoms with E-state index in [1.165, 1.54) is 70.6 Å². The number of nitrogens with zero attached hydrogens (tertiary/aromatic N) is 4. The number of hydrogen-bond acceptors (Lipinski definition) is 3. The van der Waals surface area contributed by atoms with Crippen molar-refractivity contribution in [1.29, 1.82) is 0 Å². The Labute approximate surface area is 187 Å². The SMILES string of the molecule is CCCC1CCC(c2nc3ncccc3n2CCC(=O)N(CC)C2CCCCC2)CC1. The molecule has 2 aromatic rings. The largest absolute Gasteiger partial charge is 0.340 e. The predicted molar refractivity (Wildman–Crippen MR) is 126 cm³/mol. The molecular weight excluding hydrogens is 384 g/mol. The molecule has 0 unspecified atom stereocenters. The van der Waals surface area contributed by atoms with E-state index < -0.39 is 0 Å². The van der Waals surface area contributed by atoms with Crippen LogP contribution >= 0.6 is 0 Å². The van der Waals surface area contributed by atoms with E-state index >= 15 is 0 Å². The highest BCUT2D eigenvalue weighted by atomic mass is 16.2. The lowest BCUT2D eigenvalue weighted by Crippen LogP contribution is -2.41. The summed E-state index contributed by atoms with van der Waals surface area (Å²) in [6, 6.07) is 4.55. The van der Waals surface area contributed by atoms with Crippen LogP contribution in [0.5, 0.6) is 0 Å². The Bertz CT molecular complexity index is 846. The monoisotopic (exact) mass is 424 g/mol. The Balaban J connectivity index is 1.49. The van der Waals surface area contributed by atoms with Gasteiger partial charge in [-0.15, -0.1) is 0 Å². The highest BCUT2D eigenvalue weighted by Gasteiger charge is 2.28. The van der Waals surface area contributed by atoms with Gasteiger partial charge in [0.05, 0.1) is 5.52 Å². The summed E-state index contributed by atoms with van der Waals surface area (Å²) < 4.78 is 2.32.